The van der Waals surface area contributed by atoms with Gasteiger partial charge in [0.25, 0.3) is 0 Å². The normalized spacial score (nSPS) is 13.9. The summed E-state index contributed by atoms with van der Waals surface area (Å²) in [6.07, 6.45) is 8.78. The van der Waals surface area contributed by atoms with Crippen LogP contribution in [0.25, 0.3) is 11.1 Å². The summed E-state index contributed by atoms with van der Waals surface area (Å²) in [4.78, 5) is 15.2. The maximum Gasteiger partial charge on any atom is 0.323 e. The van der Waals surface area contributed by atoms with Crippen LogP contribution in [-0.4, -0.2) is 61.7 Å². The Morgan fingerprint density at radius 2 is 1.88 bits per heavy atom. The molecule has 3 aromatic carbocycles. The number of nitrogens with zero attached hydrogens (tertiary/aromatic N) is 1. The summed E-state index contributed by atoms with van der Waals surface area (Å²) in [5.74, 6) is -0.226. The van der Waals surface area contributed by atoms with E-state index in [0.29, 0.717) is 46.4 Å². The van der Waals surface area contributed by atoms with Crippen LogP contribution in [0.3, 0.4) is 0 Å². The first-order valence-corrected chi connectivity index (χ1v) is 18.6. The maximum atomic E-state index is 14.7. The van der Waals surface area contributed by atoms with Gasteiger partial charge in [0.05, 0.1) is 11.5 Å². The number of aromatic nitrogens is 1. The Bertz CT molecular complexity index is 1960. The number of aliphatic hydroxyl groups is 1. The van der Waals surface area contributed by atoms with Gasteiger partial charge in [0.2, 0.25) is 0 Å². The summed E-state index contributed by atoms with van der Waals surface area (Å²) >= 11 is 6.35. The largest absolute Gasteiger partial charge is 0.489 e. The number of aryl methyl sites for hydroxylation is 2. The van der Waals surface area contributed by atoms with Crippen LogP contribution in [0.15, 0.2) is 65.8 Å². The number of halogens is 2. The molecule has 6 rings (SSSR count). The number of benzene rings is 3. The topological polar surface area (TPSA) is 144 Å². The molecule has 1 aliphatic carbocycles. The molecule has 10 nitrogen and oxygen atoms in total. The van der Waals surface area contributed by atoms with Gasteiger partial charge < -0.3 is 24.4 Å². The van der Waals surface area contributed by atoms with Crippen LogP contribution in [0.5, 0.6) is 17.2 Å². The third kappa shape index (κ3) is 8.91. The lowest BCUT2D eigenvalue weighted by Crippen LogP contribution is -2.39. The Kier molecular flexibility index (Phi) is 12.3. The molecule has 1 aliphatic heterocycles. The van der Waals surface area contributed by atoms with Gasteiger partial charge in [-0.25, -0.2) is 12.8 Å². The highest BCUT2D eigenvalue weighted by atomic mass is 35.5. The molecule has 0 spiro atoms. The molecule has 0 fully saturated rings. The van der Waals surface area contributed by atoms with E-state index in [1.54, 1.807) is 24.3 Å². The van der Waals surface area contributed by atoms with Gasteiger partial charge in [-0.1, -0.05) is 43.1 Å². The lowest BCUT2D eigenvalue weighted by Gasteiger charge is -2.20. The number of fused-ring (bicyclic) bond motifs is 2. The van der Waals surface area contributed by atoms with Gasteiger partial charge >= 0.3 is 5.97 Å². The molecule has 0 radical (unpaired) electrons. The third-order valence-electron chi connectivity index (χ3n) is 8.45. The number of carboxylic acids is 1. The molecule has 0 amide bonds. The molecule has 4 aromatic rings. The van der Waals surface area contributed by atoms with Crippen molar-refractivity contribution in [3.63, 3.8) is 0 Å². The van der Waals surface area contributed by atoms with Crippen molar-refractivity contribution in [3.8, 4) is 28.4 Å². The second-order valence-corrected chi connectivity index (χ2v) is 14.5. The zero-order valence-electron chi connectivity index (χ0n) is 27.9. The summed E-state index contributed by atoms with van der Waals surface area (Å²) < 4.78 is 54.9. The van der Waals surface area contributed by atoms with E-state index in [1.807, 2.05) is 19.1 Å². The van der Waals surface area contributed by atoms with Crippen molar-refractivity contribution >= 4 is 27.4 Å². The molecule has 2 heterocycles. The highest BCUT2D eigenvalue weighted by molar-refractivity contribution is 7.90. The number of aliphatic hydroxyl groups excluding tert-OH is 1. The first kappa shape index (κ1) is 37.0. The van der Waals surface area contributed by atoms with Crippen LogP contribution in [0.1, 0.15) is 47.6 Å². The maximum absolute atomic E-state index is 14.7. The van der Waals surface area contributed by atoms with Crippen molar-refractivity contribution in [3.05, 3.63) is 99.6 Å². The highest BCUT2D eigenvalue weighted by Gasteiger charge is 2.23. The number of hydrogen-bond acceptors (Lipinski definition) is 9. The number of nitrogens with one attached hydrogen (secondary N) is 1. The van der Waals surface area contributed by atoms with Crippen molar-refractivity contribution in [1.29, 1.82) is 0 Å². The highest BCUT2D eigenvalue weighted by Crippen LogP contribution is 2.41. The van der Waals surface area contributed by atoms with Crippen LogP contribution < -0.4 is 19.5 Å². The van der Waals surface area contributed by atoms with E-state index in [0.717, 1.165) is 49.5 Å². The summed E-state index contributed by atoms with van der Waals surface area (Å²) in [6, 6.07) is 13.6. The Balaban J connectivity index is 0.000000208. The summed E-state index contributed by atoms with van der Waals surface area (Å²) in [5, 5.41) is 21.6. The molecule has 1 unspecified atom stereocenters. The number of aliphatic carboxylic acids is 1. The Morgan fingerprint density at radius 3 is 2.62 bits per heavy atom. The number of ether oxygens (including phenoxy) is 3. The minimum atomic E-state index is -3.39. The van der Waals surface area contributed by atoms with Gasteiger partial charge in [0.1, 0.15) is 31.6 Å². The van der Waals surface area contributed by atoms with Gasteiger partial charge in [-0.05, 0) is 78.3 Å². The van der Waals surface area contributed by atoms with Crippen LogP contribution in [0.2, 0.25) is 5.02 Å². The Hall–Kier alpha value is -4.23. The van der Waals surface area contributed by atoms with Crippen molar-refractivity contribution in [2.24, 2.45) is 0 Å². The second-order valence-electron chi connectivity index (χ2n) is 12.1. The van der Waals surface area contributed by atoms with Crippen molar-refractivity contribution in [2.45, 2.75) is 63.1 Å². The van der Waals surface area contributed by atoms with Gasteiger partial charge in [0, 0.05) is 46.9 Å². The second kappa shape index (κ2) is 16.7. The van der Waals surface area contributed by atoms with Gasteiger partial charge in [-0.2, -0.15) is 0 Å². The fourth-order valence-corrected chi connectivity index (χ4v) is 6.80. The van der Waals surface area contributed by atoms with Crippen molar-refractivity contribution in [1.82, 2.24) is 10.3 Å². The number of carbonyl (C=O) groups is 1. The SMILES string of the molecule is CCCc1cc(OCc2cncc(S(C)(=O)=O)c2)c(CNC(CO)C(=O)O)cc1Cl.Fc1c(-c2cccc3c2CCC3)ccc2c1OCCO2. The summed E-state index contributed by atoms with van der Waals surface area (Å²) in [6.45, 7) is 2.52. The van der Waals surface area contributed by atoms with Gasteiger partial charge in [-0.3, -0.25) is 15.1 Å². The van der Waals surface area contributed by atoms with Crippen molar-refractivity contribution < 1.29 is 42.0 Å². The quantitative estimate of drug-likeness (QED) is 0.160. The van der Waals surface area contributed by atoms with E-state index in [4.69, 9.17) is 30.9 Å². The Labute approximate surface area is 296 Å². The lowest BCUT2D eigenvalue weighted by atomic mass is 9.96. The lowest BCUT2D eigenvalue weighted by molar-refractivity contribution is -0.140. The summed E-state index contributed by atoms with van der Waals surface area (Å²) in [5.41, 5.74) is 6.31. The van der Waals surface area contributed by atoms with Crippen LogP contribution in [0.4, 0.5) is 4.39 Å². The molecule has 1 atom stereocenters. The van der Waals surface area contributed by atoms with E-state index < -0.39 is 28.5 Å². The minimum absolute atomic E-state index is 0.0684. The molecular weight excluding hydrogens is 687 g/mol. The fourth-order valence-electron chi connectivity index (χ4n) is 5.90. The number of hydrogen-bond donors (Lipinski definition) is 3. The van der Waals surface area contributed by atoms with Crippen LogP contribution >= 0.6 is 11.6 Å². The third-order valence-corrected chi connectivity index (χ3v) is 9.88. The van der Waals surface area contributed by atoms with E-state index in [2.05, 4.69) is 16.4 Å². The molecule has 0 bridgehead atoms. The fraction of sp³-hybridized carbons (Fsp3) is 0.351. The molecular formula is C37H40ClFN2O8S. The predicted molar refractivity (Wildman–Crippen MR) is 187 cm³/mol. The molecule has 13 heteroatoms. The van der Waals surface area contributed by atoms with E-state index in [1.165, 1.54) is 29.6 Å². The number of pyridine rings is 1. The minimum Gasteiger partial charge on any atom is -0.489 e. The predicted octanol–water partition coefficient (Wildman–Crippen LogP) is 5.96. The standard InChI is InChI=1S/C20H25ClN2O6S.C17H15FO2/c1-3-4-14-7-19(15(6-17(14)21)9-23-18(11-24)20(25)26)29-12-13-5-16(10-22-8-13)30(2,27)28;18-16-14(7-8-15-17(16)20-10-9-19-15)13-6-2-4-11-3-1-5-12(11)13/h5-8,10,18,23-24H,3-4,9,11-12H2,1-2H3,(H,25,26);2,4,6-8H,1,3,5,9-10H2. The zero-order valence-corrected chi connectivity index (χ0v) is 29.4. The first-order chi connectivity index (χ1) is 24.0. The monoisotopic (exact) mass is 726 g/mol. The molecule has 266 valence electrons. The molecule has 2 aliphatic rings. The molecule has 1 aromatic heterocycles. The molecule has 0 saturated heterocycles. The van der Waals surface area contributed by atoms with E-state index >= 15 is 0 Å². The number of carboxylic acid groups (broad SMARTS) is 1. The molecule has 50 heavy (non-hydrogen) atoms. The molecule has 3 N–H and O–H groups in total. The zero-order chi connectivity index (χ0) is 35.8. The molecule has 0 saturated carbocycles. The van der Waals surface area contributed by atoms with E-state index in [-0.39, 0.29) is 29.6 Å². The van der Waals surface area contributed by atoms with E-state index in [9.17, 15) is 22.7 Å². The average Bonchev–Trinajstić information content (AvgIpc) is 3.59. The van der Waals surface area contributed by atoms with Crippen LogP contribution in [-0.2, 0) is 47.0 Å². The smallest absolute Gasteiger partial charge is 0.323 e. The first-order valence-electron chi connectivity index (χ1n) is 16.3. The average molecular weight is 727 g/mol. The van der Waals surface area contributed by atoms with Crippen molar-refractivity contribution in [2.75, 3.05) is 26.1 Å². The van der Waals surface area contributed by atoms with Crippen LogP contribution in [0, 0.1) is 5.82 Å². The Morgan fingerprint density at radius 1 is 1.08 bits per heavy atom. The number of rotatable bonds is 12. The van der Waals surface area contributed by atoms with Gasteiger partial charge in [0.15, 0.2) is 27.2 Å². The van der Waals surface area contributed by atoms with Gasteiger partial charge in [-0.15, -0.1) is 0 Å². The number of sulfone groups is 1. The summed E-state index contributed by atoms with van der Waals surface area (Å²) in [7, 11) is -3.39.